The van der Waals surface area contributed by atoms with Gasteiger partial charge in [0, 0.05) is 0 Å². The molecule has 5 N–H and O–H groups in total. The molecule has 1 aromatic rings. The highest BCUT2D eigenvalue weighted by atomic mass is 16.5. The van der Waals surface area contributed by atoms with Crippen molar-refractivity contribution in [2.45, 2.75) is 39.0 Å². The Morgan fingerprint density at radius 3 is 2.23 bits per heavy atom. The van der Waals surface area contributed by atoms with Crippen molar-refractivity contribution in [3.05, 3.63) is 35.9 Å². The quantitative estimate of drug-likeness (QED) is 0.497. The molecule has 0 aliphatic heterocycles. The Morgan fingerprint density at radius 2 is 1.73 bits per heavy atom. The number of nitrogens with two attached hydrogens (primary N) is 1. The molecular formula is C17H23N3O6. The van der Waals surface area contributed by atoms with Crippen LogP contribution in [-0.4, -0.2) is 41.1 Å². The molecule has 1 rings (SSSR count). The van der Waals surface area contributed by atoms with Gasteiger partial charge in [-0.05, 0) is 11.5 Å². The van der Waals surface area contributed by atoms with Crippen molar-refractivity contribution < 1.29 is 29.0 Å². The van der Waals surface area contributed by atoms with Crippen LogP contribution in [0.4, 0.5) is 4.79 Å². The number of hydrogen-bond donors (Lipinski definition) is 4. The minimum absolute atomic E-state index is 0.0377. The van der Waals surface area contributed by atoms with E-state index in [4.69, 9.17) is 15.6 Å². The lowest BCUT2D eigenvalue weighted by Gasteiger charge is -2.22. The van der Waals surface area contributed by atoms with Gasteiger partial charge >= 0.3 is 12.1 Å². The molecule has 0 saturated carbocycles. The number of ether oxygens (including phenoxy) is 1. The van der Waals surface area contributed by atoms with Gasteiger partial charge in [-0.2, -0.15) is 0 Å². The standard InChI is InChI=1S/C17H23N3O6/c1-10(2)14(15(18)23)20-16(24)12(8-13(21)22)19-17(25)26-9-11-6-4-3-5-7-11/h3-7,10,12,14H,8-9H2,1-2H3,(H2,18,23)(H,19,25)(H,20,24)(H,21,22)/t12-,14+/m0/s1. The molecule has 0 aliphatic rings. The maximum Gasteiger partial charge on any atom is 0.408 e. The van der Waals surface area contributed by atoms with Gasteiger partial charge in [0.1, 0.15) is 18.7 Å². The van der Waals surface area contributed by atoms with Gasteiger partial charge in [-0.3, -0.25) is 14.4 Å². The molecule has 26 heavy (non-hydrogen) atoms. The predicted molar refractivity (Wildman–Crippen MR) is 91.8 cm³/mol. The minimum atomic E-state index is -1.41. The van der Waals surface area contributed by atoms with Crippen molar-refractivity contribution in [3.63, 3.8) is 0 Å². The highest BCUT2D eigenvalue weighted by Gasteiger charge is 2.29. The van der Waals surface area contributed by atoms with Gasteiger partial charge in [-0.25, -0.2) is 4.79 Å². The Labute approximate surface area is 150 Å². The van der Waals surface area contributed by atoms with Crippen LogP contribution in [0.2, 0.25) is 0 Å². The molecule has 0 unspecified atom stereocenters. The SMILES string of the molecule is CC(C)[C@@H](NC(=O)[C@H](CC(=O)O)NC(=O)OCc1ccccc1)C(N)=O. The third-order valence-electron chi connectivity index (χ3n) is 3.47. The second-order valence-corrected chi connectivity index (χ2v) is 5.99. The summed E-state index contributed by atoms with van der Waals surface area (Å²) in [7, 11) is 0. The molecule has 9 nitrogen and oxygen atoms in total. The molecule has 0 fully saturated rings. The van der Waals surface area contributed by atoms with E-state index in [1.54, 1.807) is 44.2 Å². The smallest absolute Gasteiger partial charge is 0.408 e. The van der Waals surface area contributed by atoms with E-state index in [1.807, 2.05) is 0 Å². The van der Waals surface area contributed by atoms with E-state index in [9.17, 15) is 19.2 Å². The van der Waals surface area contributed by atoms with Crippen LogP contribution in [-0.2, 0) is 25.7 Å². The lowest BCUT2D eigenvalue weighted by molar-refractivity contribution is -0.140. The summed E-state index contributed by atoms with van der Waals surface area (Å²) in [5.74, 6) is -3.18. The van der Waals surface area contributed by atoms with E-state index < -0.39 is 42.4 Å². The second kappa shape index (κ2) is 10.0. The molecule has 0 spiro atoms. The fourth-order valence-electron chi connectivity index (χ4n) is 2.11. The molecule has 0 radical (unpaired) electrons. The highest BCUT2D eigenvalue weighted by Crippen LogP contribution is 2.04. The zero-order chi connectivity index (χ0) is 19.7. The van der Waals surface area contributed by atoms with Gasteiger partial charge < -0.3 is 26.2 Å². The molecule has 0 bridgehead atoms. The Hall–Kier alpha value is -3.10. The van der Waals surface area contributed by atoms with Crippen LogP contribution in [0, 0.1) is 5.92 Å². The number of hydrogen-bond acceptors (Lipinski definition) is 5. The summed E-state index contributed by atoms with van der Waals surface area (Å²) in [5, 5.41) is 13.5. The Balaban J connectivity index is 2.69. The van der Waals surface area contributed by atoms with Crippen LogP contribution in [0.1, 0.15) is 25.8 Å². The van der Waals surface area contributed by atoms with Crippen molar-refractivity contribution in [2.75, 3.05) is 0 Å². The average Bonchev–Trinajstić information content (AvgIpc) is 2.57. The van der Waals surface area contributed by atoms with Crippen LogP contribution in [0.5, 0.6) is 0 Å². The highest BCUT2D eigenvalue weighted by molar-refractivity contribution is 5.92. The first-order chi connectivity index (χ1) is 12.2. The number of rotatable bonds is 9. The predicted octanol–water partition coefficient (Wildman–Crippen LogP) is 0.382. The molecule has 0 saturated heterocycles. The first-order valence-corrected chi connectivity index (χ1v) is 7.99. The number of carboxylic acids is 1. The van der Waals surface area contributed by atoms with E-state index in [2.05, 4.69) is 10.6 Å². The maximum atomic E-state index is 12.3. The Kier molecular flexibility index (Phi) is 8.07. The summed E-state index contributed by atoms with van der Waals surface area (Å²) in [6.07, 6.45) is -1.62. The third kappa shape index (κ3) is 7.20. The van der Waals surface area contributed by atoms with Crippen molar-refractivity contribution in [1.82, 2.24) is 10.6 Å². The second-order valence-electron chi connectivity index (χ2n) is 5.99. The van der Waals surface area contributed by atoms with E-state index >= 15 is 0 Å². The van der Waals surface area contributed by atoms with Crippen LogP contribution < -0.4 is 16.4 Å². The molecule has 142 valence electrons. The van der Waals surface area contributed by atoms with Gasteiger partial charge in [0.25, 0.3) is 0 Å². The third-order valence-corrected chi connectivity index (χ3v) is 3.47. The number of aliphatic carboxylic acids is 1. The summed E-state index contributed by atoms with van der Waals surface area (Å²) in [6, 6.07) is 6.45. The molecule has 2 atom stereocenters. The summed E-state index contributed by atoms with van der Waals surface area (Å²) in [5.41, 5.74) is 5.95. The monoisotopic (exact) mass is 365 g/mol. The van der Waals surface area contributed by atoms with Crippen LogP contribution in [0.25, 0.3) is 0 Å². The fraction of sp³-hybridized carbons (Fsp3) is 0.412. The van der Waals surface area contributed by atoms with Crippen LogP contribution >= 0.6 is 0 Å². The number of carboxylic acid groups (broad SMARTS) is 1. The van der Waals surface area contributed by atoms with Crippen LogP contribution in [0.3, 0.4) is 0 Å². The number of primary amides is 1. The van der Waals surface area contributed by atoms with Gasteiger partial charge in [0.05, 0.1) is 6.42 Å². The van der Waals surface area contributed by atoms with Crippen molar-refractivity contribution in [2.24, 2.45) is 11.7 Å². The fourth-order valence-corrected chi connectivity index (χ4v) is 2.11. The molecule has 9 heteroatoms. The van der Waals surface area contributed by atoms with Crippen molar-refractivity contribution >= 4 is 23.9 Å². The zero-order valence-corrected chi connectivity index (χ0v) is 14.6. The molecule has 3 amide bonds. The summed E-state index contributed by atoms with van der Waals surface area (Å²) in [6.45, 7) is 3.30. The van der Waals surface area contributed by atoms with Crippen molar-refractivity contribution in [3.8, 4) is 0 Å². The summed E-state index contributed by atoms with van der Waals surface area (Å²) in [4.78, 5) is 46.5. The van der Waals surface area contributed by atoms with E-state index in [0.29, 0.717) is 0 Å². The number of alkyl carbamates (subject to hydrolysis) is 1. The molecule has 0 heterocycles. The van der Waals surface area contributed by atoms with Gasteiger partial charge in [-0.1, -0.05) is 44.2 Å². The van der Waals surface area contributed by atoms with E-state index in [1.165, 1.54) is 0 Å². The average molecular weight is 365 g/mol. The zero-order valence-electron chi connectivity index (χ0n) is 14.6. The van der Waals surface area contributed by atoms with Crippen LogP contribution in [0.15, 0.2) is 30.3 Å². The number of nitrogens with one attached hydrogen (secondary N) is 2. The molecule has 0 aromatic heterocycles. The van der Waals surface area contributed by atoms with E-state index in [0.717, 1.165) is 5.56 Å². The van der Waals surface area contributed by atoms with Gasteiger partial charge in [-0.15, -0.1) is 0 Å². The van der Waals surface area contributed by atoms with Gasteiger partial charge in [0.15, 0.2) is 0 Å². The number of amides is 3. The number of carbonyl (C=O) groups excluding carboxylic acids is 3. The lowest BCUT2D eigenvalue weighted by atomic mass is 10.0. The lowest BCUT2D eigenvalue weighted by Crippen LogP contribution is -2.55. The maximum absolute atomic E-state index is 12.3. The minimum Gasteiger partial charge on any atom is -0.481 e. The number of benzene rings is 1. The molecule has 1 aromatic carbocycles. The molecule has 0 aliphatic carbocycles. The van der Waals surface area contributed by atoms with Gasteiger partial charge in [0.2, 0.25) is 11.8 Å². The topological polar surface area (TPSA) is 148 Å². The first kappa shape index (κ1) is 20.9. The molecular weight excluding hydrogens is 342 g/mol. The largest absolute Gasteiger partial charge is 0.481 e. The number of carbonyl (C=O) groups is 4. The normalized spacial score (nSPS) is 12.7. The van der Waals surface area contributed by atoms with Crippen molar-refractivity contribution in [1.29, 1.82) is 0 Å². The summed E-state index contributed by atoms with van der Waals surface area (Å²) < 4.78 is 4.98. The first-order valence-electron chi connectivity index (χ1n) is 7.99. The Bertz CT molecular complexity index is 647. The van der Waals surface area contributed by atoms with E-state index in [-0.39, 0.29) is 12.5 Å². The summed E-state index contributed by atoms with van der Waals surface area (Å²) >= 11 is 0. The Morgan fingerprint density at radius 1 is 1.12 bits per heavy atom.